The van der Waals surface area contributed by atoms with Gasteiger partial charge in [-0.15, -0.1) is 0 Å². The molecule has 0 saturated heterocycles. The number of benzene rings is 1. The molecule has 0 fully saturated rings. The summed E-state index contributed by atoms with van der Waals surface area (Å²) in [5.74, 6) is 0.742. The van der Waals surface area contributed by atoms with Crippen molar-refractivity contribution in [2.45, 2.75) is 26.3 Å². The molecule has 1 aromatic carbocycles. The number of rotatable bonds is 5. The van der Waals surface area contributed by atoms with Gasteiger partial charge in [-0.25, -0.2) is 9.97 Å². The van der Waals surface area contributed by atoms with Crippen LogP contribution >= 0.6 is 0 Å². The Morgan fingerprint density at radius 3 is 2.78 bits per heavy atom. The van der Waals surface area contributed by atoms with Gasteiger partial charge in [0.05, 0.1) is 11.6 Å². The number of aromatic nitrogens is 4. The molecule has 0 bridgehead atoms. The van der Waals surface area contributed by atoms with Gasteiger partial charge in [0.15, 0.2) is 5.65 Å². The van der Waals surface area contributed by atoms with Gasteiger partial charge in [-0.1, -0.05) is 19.1 Å². The fraction of sp³-hybridized carbons (Fsp3) is 0.250. The lowest BCUT2D eigenvalue weighted by molar-refractivity contribution is -0.115. The average Bonchev–Trinajstić information content (AvgIpc) is 3.05. The number of nitrogens with zero attached hydrogens (tertiary/aromatic N) is 3. The molecule has 0 saturated carbocycles. The number of hydrogen-bond acceptors (Lipinski definition) is 5. The van der Waals surface area contributed by atoms with Crippen LogP contribution in [0.15, 0.2) is 36.8 Å². The second kappa shape index (κ2) is 6.43. The molecular weight excluding hydrogens is 292 g/mol. The zero-order chi connectivity index (χ0) is 16.2. The molecule has 7 heteroatoms. The third-order valence-corrected chi connectivity index (χ3v) is 3.62. The molecule has 1 atom stereocenters. The molecule has 2 aromatic heterocycles. The first kappa shape index (κ1) is 15.0. The van der Waals surface area contributed by atoms with E-state index in [0.717, 1.165) is 22.5 Å². The molecule has 0 radical (unpaired) electrons. The van der Waals surface area contributed by atoms with Crippen LogP contribution in [0.2, 0.25) is 0 Å². The van der Waals surface area contributed by atoms with Crippen molar-refractivity contribution in [3.63, 3.8) is 0 Å². The van der Waals surface area contributed by atoms with E-state index in [1.165, 1.54) is 6.33 Å². The van der Waals surface area contributed by atoms with Crippen molar-refractivity contribution in [1.29, 1.82) is 0 Å². The summed E-state index contributed by atoms with van der Waals surface area (Å²) in [4.78, 5) is 19.8. The summed E-state index contributed by atoms with van der Waals surface area (Å²) in [6.07, 6.45) is 3.67. The summed E-state index contributed by atoms with van der Waals surface area (Å²) in [5.41, 5.74) is 2.59. The van der Waals surface area contributed by atoms with Gasteiger partial charge in [-0.3, -0.25) is 9.89 Å². The van der Waals surface area contributed by atoms with E-state index < -0.39 is 0 Å². The first-order valence-electron chi connectivity index (χ1n) is 7.47. The summed E-state index contributed by atoms with van der Waals surface area (Å²) >= 11 is 0. The van der Waals surface area contributed by atoms with Gasteiger partial charge in [-0.2, -0.15) is 5.10 Å². The van der Waals surface area contributed by atoms with Gasteiger partial charge in [0.25, 0.3) is 0 Å². The molecule has 3 aromatic rings. The predicted octanol–water partition coefficient (Wildman–Crippen LogP) is 2.87. The van der Waals surface area contributed by atoms with E-state index in [1.54, 1.807) is 6.20 Å². The SMILES string of the molecule is CCC(=O)Nc1ccc([C@@H](C)Nc2ncnc3[nH]ncc23)cc1. The highest BCUT2D eigenvalue weighted by Gasteiger charge is 2.10. The van der Waals surface area contributed by atoms with Crippen LogP contribution in [0.5, 0.6) is 0 Å². The van der Waals surface area contributed by atoms with Crippen LogP contribution in [0.25, 0.3) is 11.0 Å². The van der Waals surface area contributed by atoms with Crippen molar-refractivity contribution in [1.82, 2.24) is 20.2 Å². The van der Waals surface area contributed by atoms with Crippen LogP contribution in [0, 0.1) is 0 Å². The summed E-state index contributed by atoms with van der Waals surface area (Å²) < 4.78 is 0. The van der Waals surface area contributed by atoms with E-state index in [-0.39, 0.29) is 11.9 Å². The van der Waals surface area contributed by atoms with Crippen LogP contribution in [0.1, 0.15) is 31.9 Å². The normalized spacial score (nSPS) is 12.1. The smallest absolute Gasteiger partial charge is 0.224 e. The highest BCUT2D eigenvalue weighted by atomic mass is 16.1. The molecule has 23 heavy (non-hydrogen) atoms. The third-order valence-electron chi connectivity index (χ3n) is 3.62. The molecule has 2 heterocycles. The number of carbonyl (C=O) groups is 1. The zero-order valence-corrected chi connectivity index (χ0v) is 13.0. The van der Waals surface area contributed by atoms with Crippen molar-refractivity contribution in [2.75, 3.05) is 10.6 Å². The lowest BCUT2D eigenvalue weighted by Gasteiger charge is -2.16. The Hall–Kier alpha value is -2.96. The Balaban J connectivity index is 1.74. The van der Waals surface area contributed by atoms with Gasteiger partial charge in [-0.05, 0) is 24.6 Å². The van der Waals surface area contributed by atoms with Crippen molar-refractivity contribution in [3.8, 4) is 0 Å². The van der Waals surface area contributed by atoms with Crippen molar-refractivity contribution >= 4 is 28.4 Å². The first-order chi connectivity index (χ1) is 11.2. The van der Waals surface area contributed by atoms with Crippen molar-refractivity contribution in [3.05, 3.63) is 42.4 Å². The molecule has 0 unspecified atom stereocenters. The molecule has 7 nitrogen and oxygen atoms in total. The van der Waals surface area contributed by atoms with Gasteiger partial charge in [0.1, 0.15) is 12.1 Å². The van der Waals surface area contributed by atoms with E-state index in [1.807, 2.05) is 38.1 Å². The zero-order valence-electron chi connectivity index (χ0n) is 13.0. The molecule has 0 aliphatic rings. The molecule has 118 valence electrons. The topological polar surface area (TPSA) is 95.6 Å². The highest BCUT2D eigenvalue weighted by Crippen LogP contribution is 2.23. The van der Waals surface area contributed by atoms with E-state index in [0.29, 0.717) is 12.1 Å². The fourth-order valence-corrected chi connectivity index (χ4v) is 2.27. The number of H-pyrrole nitrogens is 1. The Labute approximate surface area is 133 Å². The standard InChI is InChI=1S/C16H18N6O/c1-3-14(23)21-12-6-4-11(5-7-12)10(2)20-15-13-8-19-22-16(13)18-9-17-15/h4-10H,3H2,1-2H3,(H,21,23)(H2,17,18,19,20,22)/t10-/m1/s1. The van der Waals surface area contributed by atoms with Gasteiger partial charge < -0.3 is 10.6 Å². The third kappa shape index (κ3) is 3.28. The maximum absolute atomic E-state index is 11.4. The maximum Gasteiger partial charge on any atom is 0.224 e. The highest BCUT2D eigenvalue weighted by molar-refractivity contribution is 5.90. The minimum Gasteiger partial charge on any atom is -0.363 e. The summed E-state index contributed by atoms with van der Waals surface area (Å²) in [5, 5.41) is 13.9. The number of hydrogen-bond donors (Lipinski definition) is 3. The second-order valence-electron chi connectivity index (χ2n) is 5.24. The largest absolute Gasteiger partial charge is 0.363 e. The number of nitrogens with one attached hydrogen (secondary N) is 3. The number of carbonyl (C=O) groups excluding carboxylic acids is 1. The van der Waals surface area contributed by atoms with Gasteiger partial charge in [0, 0.05) is 18.2 Å². The van der Waals surface area contributed by atoms with E-state index in [9.17, 15) is 4.79 Å². The van der Waals surface area contributed by atoms with Crippen LogP contribution in [0.4, 0.5) is 11.5 Å². The maximum atomic E-state index is 11.4. The Morgan fingerprint density at radius 2 is 2.04 bits per heavy atom. The molecule has 0 aliphatic heterocycles. The summed E-state index contributed by atoms with van der Waals surface area (Å²) in [6, 6.07) is 7.81. The Bertz CT molecular complexity index is 811. The molecule has 0 spiro atoms. The molecule has 0 aliphatic carbocycles. The quantitative estimate of drug-likeness (QED) is 0.673. The Morgan fingerprint density at radius 1 is 1.26 bits per heavy atom. The lowest BCUT2D eigenvalue weighted by atomic mass is 10.1. The van der Waals surface area contributed by atoms with Gasteiger partial charge in [0.2, 0.25) is 5.91 Å². The van der Waals surface area contributed by atoms with Gasteiger partial charge >= 0.3 is 0 Å². The number of fused-ring (bicyclic) bond motifs is 1. The van der Waals surface area contributed by atoms with Crippen LogP contribution in [-0.2, 0) is 4.79 Å². The van der Waals surface area contributed by atoms with Crippen molar-refractivity contribution in [2.24, 2.45) is 0 Å². The van der Waals surface area contributed by atoms with E-state index in [4.69, 9.17) is 0 Å². The first-order valence-corrected chi connectivity index (χ1v) is 7.47. The van der Waals surface area contributed by atoms with Crippen molar-refractivity contribution < 1.29 is 4.79 Å². The monoisotopic (exact) mass is 310 g/mol. The predicted molar refractivity (Wildman–Crippen MR) is 89.1 cm³/mol. The summed E-state index contributed by atoms with van der Waals surface area (Å²) in [6.45, 7) is 3.88. The lowest BCUT2D eigenvalue weighted by Crippen LogP contribution is -2.10. The molecular formula is C16H18N6O. The van der Waals surface area contributed by atoms with E-state index >= 15 is 0 Å². The Kier molecular flexibility index (Phi) is 4.18. The van der Waals surface area contributed by atoms with E-state index in [2.05, 4.69) is 30.8 Å². The van der Waals surface area contributed by atoms with Crippen LogP contribution < -0.4 is 10.6 Å². The molecule has 3 N–H and O–H groups in total. The average molecular weight is 310 g/mol. The second-order valence-corrected chi connectivity index (χ2v) is 5.24. The van der Waals surface area contributed by atoms with Crippen LogP contribution in [0.3, 0.4) is 0 Å². The number of anilines is 2. The fourth-order valence-electron chi connectivity index (χ4n) is 2.27. The summed E-state index contributed by atoms with van der Waals surface area (Å²) in [7, 11) is 0. The molecule has 3 rings (SSSR count). The number of aromatic amines is 1. The minimum absolute atomic E-state index is 0.00672. The van der Waals surface area contributed by atoms with Crippen LogP contribution in [-0.4, -0.2) is 26.1 Å². The number of amides is 1. The minimum atomic E-state index is 0.00672. The molecule has 1 amide bonds.